The van der Waals surface area contributed by atoms with E-state index in [4.69, 9.17) is 5.73 Å². The van der Waals surface area contributed by atoms with E-state index in [9.17, 15) is 13.5 Å². The zero-order chi connectivity index (χ0) is 14.0. The first-order valence-corrected chi connectivity index (χ1v) is 7.46. The van der Waals surface area contributed by atoms with Crippen LogP contribution in [0.3, 0.4) is 0 Å². The average molecular weight is 283 g/mol. The lowest BCUT2D eigenvalue weighted by Crippen LogP contribution is -2.31. The zero-order valence-corrected chi connectivity index (χ0v) is 11.4. The summed E-state index contributed by atoms with van der Waals surface area (Å²) in [4.78, 5) is 3.02. The molecule has 0 radical (unpaired) electrons. The molecule has 0 spiro atoms. The van der Waals surface area contributed by atoms with Crippen molar-refractivity contribution in [2.45, 2.75) is 24.3 Å². The van der Waals surface area contributed by atoms with E-state index in [1.54, 1.807) is 25.1 Å². The molecular formula is C12H17N3O3S. The highest BCUT2D eigenvalue weighted by atomic mass is 32.2. The van der Waals surface area contributed by atoms with Crippen LogP contribution < -0.4 is 10.5 Å². The molecule has 0 saturated carbocycles. The minimum atomic E-state index is -3.66. The predicted molar refractivity (Wildman–Crippen MR) is 74.2 cm³/mol. The first-order valence-electron chi connectivity index (χ1n) is 5.98. The van der Waals surface area contributed by atoms with E-state index in [1.165, 1.54) is 6.20 Å². The van der Waals surface area contributed by atoms with Crippen LogP contribution in [0.15, 0.2) is 29.3 Å². The smallest absolute Gasteiger partial charge is 0.242 e. The van der Waals surface area contributed by atoms with Crippen LogP contribution in [0.25, 0.3) is 10.9 Å². The van der Waals surface area contributed by atoms with E-state index in [2.05, 4.69) is 9.71 Å². The maximum Gasteiger partial charge on any atom is 0.242 e. The number of nitrogens with two attached hydrogens (primary N) is 1. The summed E-state index contributed by atoms with van der Waals surface area (Å²) in [6.07, 6.45) is 1.22. The van der Waals surface area contributed by atoms with Crippen molar-refractivity contribution in [1.82, 2.24) is 9.71 Å². The number of hydrogen-bond acceptors (Lipinski definition) is 4. The summed E-state index contributed by atoms with van der Waals surface area (Å²) in [6.45, 7) is 1.78. The second-order valence-electron chi connectivity index (χ2n) is 4.37. The lowest BCUT2D eigenvalue weighted by Gasteiger charge is -2.09. The van der Waals surface area contributed by atoms with Crippen molar-refractivity contribution < 1.29 is 13.5 Å². The number of benzene rings is 1. The Bertz CT molecular complexity index is 679. The van der Waals surface area contributed by atoms with Crippen molar-refractivity contribution in [3.05, 3.63) is 24.4 Å². The molecule has 1 aromatic carbocycles. The summed E-state index contributed by atoms with van der Waals surface area (Å²) in [5.74, 6) is 0. The minimum absolute atomic E-state index is 0.00613. The fraction of sp³-hybridized carbons (Fsp3) is 0.333. The predicted octanol–water partition coefficient (Wildman–Crippen LogP) is 0.799. The number of aliphatic hydroxyl groups excluding tert-OH is 1. The Balaban J connectivity index is 2.35. The standard InChI is InChI=1S/C12H17N3O3S/c1-2-9(16)6-15-19(17,18)12-7-14-11-4-3-8(13)5-10(11)12/h3-5,7,9,14-16H,2,6,13H2,1H3. The van der Waals surface area contributed by atoms with Crippen molar-refractivity contribution in [3.8, 4) is 0 Å². The number of rotatable bonds is 5. The highest BCUT2D eigenvalue weighted by Crippen LogP contribution is 2.24. The Morgan fingerprint density at radius 3 is 2.89 bits per heavy atom. The molecule has 104 valence electrons. The lowest BCUT2D eigenvalue weighted by atomic mass is 10.2. The van der Waals surface area contributed by atoms with Crippen LogP contribution in [0.5, 0.6) is 0 Å². The number of H-pyrrole nitrogens is 1. The van der Waals surface area contributed by atoms with Crippen molar-refractivity contribution in [1.29, 1.82) is 0 Å². The molecule has 0 saturated heterocycles. The minimum Gasteiger partial charge on any atom is -0.399 e. The molecule has 0 aliphatic carbocycles. The summed E-state index contributed by atoms with van der Waals surface area (Å²) in [7, 11) is -3.66. The van der Waals surface area contributed by atoms with Gasteiger partial charge in [-0.15, -0.1) is 0 Å². The van der Waals surface area contributed by atoms with Crippen molar-refractivity contribution in [3.63, 3.8) is 0 Å². The Kier molecular flexibility index (Phi) is 3.79. The Morgan fingerprint density at radius 1 is 1.47 bits per heavy atom. The first-order chi connectivity index (χ1) is 8.94. The van der Waals surface area contributed by atoms with Gasteiger partial charge in [-0.2, -0.15) is 0 Å². The molecule has 1 atom stereocenters. The molecule has 0 amide bonds. The molecule has 7 heteroatoms. The van der Waals surface area contributed by atoms with Crippen LogP contribution in [0.1, 0.15) is 13.3 Å². The molecule has 5 N–H and O–H groups in total. The quantitative estimate of drug-likeness (QED) is 0.609. The third-order valence-corrected chi connectivity index (χ3v) is 4.40. The molecule has 0 bridgehead atoms. The number of aromatic nitrogens is 1. The van der Waals surface area contributed by atoms with Crippen molar-refractivity contribution >= 4 is 26.6 Å². The summed E-state index contributed by atoms with van der Waals surface area (Å²) in [5, 5.41) is 9.96. The van der Waals surface area contributed by atoms with Gasteiger partial charge in [-0.25, -0.2) is 13.1 Å². The summed E-state index contributed by atoms with van der Waals surface area (Å²) < 4.78 is 26.7. The van der Waals surface area contributed by atoms with Gasteiger partial charge in [0.05, 0.1) is 6.10 Å². The van der Waals surface area contributed by atoms with Gasteiger partial charge in [0.2, 0.25) is 10.0 Å². The largest absolute Gasteiger partial charge is 0.399 e. The monoisotopic (exact) mass is 283 g/mol. The Hall–Kier alpha value is -1.57. The van der Waals surface area contributed by atoms with Crippen LogP contribution in [-0.2, 0) is 10.0 Å². The SMILES string of the molecule is CCC(O)CNS(=O)(=O)c1c[nH]c2ccc(N)cc12. The molecule has 1 aromatic heterocycles. The number of sulfonamides is 1. The van der Waals surface area contributed by atoms with Gasteiger partial charge in [0, 0.05) is 29.3 Å². The molecular weight excluding hydrogens is 266 g/mol. The van der Waals surface area contributed by atoms with Crippen LogP contribution in [0.2, 0.25) is 0 Å². The Morgan fingerprint density at radius 2 is 2.21 bits per heavy atom. The zero-order valence-electron chi connectivity index (χ0n) is 10.6. The molecule has 2 aromatic rings. The third-order valence-electron chi connectivity index (χ3n) is 2.94. The normalized spacial score (nSPS) is 13.8. The topological polar surface area (TPSA) is 108 Å². The second-order valence-corrected chi connectivity index (χ2v) is 6.11. The van der Waals surface area contributed by atoms with Gasteiger partial charge in [-0.05, 0) is 24.6 Å². The van der Waals surface area contributed by atoms with Gasteiger partial charge >= 0.3 is 0 Å². The Labute approximate surface area is 111 Å². The van der Waals surface area contributed by atoms with E-state index >= 15 is 0 Å². The number of fused-ring (bicyclic) bond motifs is 1. The van der Waals surface area contributed by atoms with Gasteiger partial charge in [0.15, 0.2) is 0 Å². The fourth-order valence-corrected chi connectivity index (χ4v) is 3.00. The van der Waals surface area contributed by atoms with Crippen molar-refractivity contribution in [2.75, 3.05) is 12.3 Å². The van der Waals surface area contributed by atoms with E-state index in [1.807, 2.05) is 0 Å². The maximum absolute atomic E-state index is 12.2. The van der Waals surface area contributed by atoms with Crippen molar-refractivity contribution in [2.24, 2.45) is 0 Å². The highest BCUT2D eigenvalue weighted by Gasteiger charge is 2.19. The number of nitrogen functional groups attached to an aromatic ring is 1. The molecule has 0 fully saturated rings. The number of aliphatic hydroxyl groups is 1. The van der Waals surface area contributed by atoms with Crippen LogP contribution in [-0.4, -0.2) is 31.2 Å². The van der Waals surface area contributed by atoms with E-state index in [0.29, 0.717) is 23.0 Å². The van der Waals surface area contributed by atoms with Gasteiger partial charge < -0.3 is 15.8 Å². The molecule has 0 aliphatic heterocycles. The first kappa shape index (κ1) is 13.9. The van der Waals surface area contributed by atoms with E-state index in [-0.39, 0.29) is 11.4 Å². The average Bonchev–Trinajstić information content (AvgIpc) is 2.79. The van der Waals surface area contributed by atoms with Gasteiger partial charge in [0.25, 0.3) is 0 Å². The van der Waals surface area contributed by atoms with Crippen LogP contribution in [0, 0.1) is 0 Å². The number of anilines is 1. The molecule has 0 aliphatic rings. The molecule has 2 rings (SSSR count). The van der Waals surface area contributed by atoms with Gasteiger partial charge in [-0.3, -0.25) is 0 Å². The summed E-state index contributed by atoms with van der Waals surface area (Å²) in [5.41, 5.74) is 6.87. The molecule has 1 unspecified atom stereocenters. The lowest BCUT2D eigenvalue weighted by molar-refractivity contribution is 0.174. The van der Waals surface area contributed by atoms with Gasteiger partial charge in [-0.1, -0.05) is 6.92 Å². The third kappa shape index (κ3) is 2.89. The molecule has 6 nitrogen and oxygen atoms in total. The highest BCUT2D eigenvalue weighted by molar-refractivity contribution is 7.89. The van der Waals surface area contributed by atoms with E-state index in [0.717, 1.165) is 0 Å². The van der Waals surface area contributed by atoms with E-state index < -0.39 is 16.1 Å². The van der Waals surface area contributed by atoms with Crippen LogP contribution >= 0.6 is 0 Å². The fourth-order valence-electron chi connectivity index (χ4n) is 1.76. The summed E-state index contributed by atoms with van der Waals surface area (Å²) >= 11 is 0. The molecule has 19 heavy (non-hydrogen) atoms. The van der Waals surface area contributed by atoms with Gasteiger partial charge in [0.1, 0.15) is 4.90 Å². The maximum atomic E-state index is 12.2. The second kappa shape index (κ2) is 5.20. The molecule has 1 heterocycles. The van der Waals surface area contributed by atoms with Crippen LogP contribution in [0.4, 0.5) is 5.69 Å². The number of aromatic amines is 1. The number of hydrogen-bond donors (Lipinski definition) is 4. The summed E-state index contributed by atoms with van der Waals surface area (Å²) in [6, 6.07) is 5.03. The number of nitrogens with one attached hydrogen (secondary N) is 2.